The Balaban J connectivity index is 1.57. The first-order chi connectivity index (χ1) is 14.5. The average molecular weight is 435 g/mol. The molecule has 7 nitrogen and oxygen atoms in total. The molecule has 0 radical (unpaired) electrons. The van der Waals surface area contributed by atoms with Gasteiger partial charge >= 0.3 is 0 Å². The Morgan fingerprint density at radius 2 is 2.00 bits per heavy atom. The van der Waals surface area contributed by atoms with E-state index in [1.807, 2.05) is 6.92 Å². The molecule has 0 bridgehead atoms. The van der Waals surface area contributed by atoms with Gasteiger partial charge in [0.05, 0.1) is 26.2 Å². The fourth-order valence-electron chi connectivity index (χ4n) is 3.24. The van der Waals surface area contributed by atoms with Crippen LogP contribution in [0.1, 0.15) is 16.9 Å². The Kier molecular flexibility index (Phi) is 8.30. The van der Waals surface area contributed by atoms with E-state index >= 15 is 0 Å². The third-order valence-electron chi connectivity index (χ3n) is 4.83. The second-order valence-electron chi connectivity index (χ2n) is 7.25. The van der Waals surface area contributed by atoms with Gasteiger partial charge in [-0.15, -0.1) is 11.3 Å². The zero-order valence-electron chi connectivity index (χ0n) is 17.1. The maximum atomic E-state index is 13.1. The molecule has 1 N–H and O–H groups in total. The first-order valence-electron chi connectivity index (χ1n) is 10.0. The fourth-order valence-corrected chi connectivity index (χ4v) is 3.92. The highest BCUT2D eigenvalue weighted by atomic mass is 32.1. The van der Waals surface area contributed by atoms with Crippen LogP contribution in [-0.4, -0.2) is 72.5 Å². The van der Waals surface area contributed by atoms with Crippen molar-refractivity contribution in [2.24, 2.45) is 0 Å². The van der Waals surface area contributed by atoms with E-state index in [1.54, 1.807) is 23.2 Å². The van der Waals surface area contributed by atoms with Crippen molar-refractivity contribution in [1.29, 1.82) is 0 Å². The van der Waals surface area contributed by atoms with E-state index in [4.69, 9.17) is 4.74 Å². The van der Waals surface area contributed by atoms with Gasteiger partial charge in [-0.3, -0.25) is 14.5 Å². The minimum Gasteiger partial charge on any atom is -0.379 e. The van der Waals surface area contributed by atoms with Crippen LogP contribution < -0.4 is 5.32 Å². The van der Waals surface area contributed by atoms with Crippen LogP contribution in [0.15, 0.2) is 30.5 Å². The second-order valence-corrected chi connectivity index (χ2v) is 8.49. The largest absolute Gasteiger partial charge is 0.379 e. The number of aryl methyl sites for hydroxylation is 1. The lowest BCUT2D eigenvalue weighted by molar-refractivity contribution is -0.134. The minimum atomic E-state index is -0.341. The molecule has 9 heteroatoms. The number of hydrogen-bond donors (Lipinski definition) is 1. The zero-order valence-corrected chi connectivity index (χ0v) is 17.9. The maximum absolute atomic E-state index is 13.1. The number of thiazole rings is 1. The number of carbonyl (C=O) groups is 2. The Labute approximate surface area is 179 Å². The van der Waals surface area contributed by atoms with Gasteiger partial charge in [0.2, 0.25) is 11.8 Å². The quantitative estimate of drug-likeness (QED) is 0.656. The number of aromatic nitrogens is 1. The van der Waals surface area contributed by atoms with E-state index in [0.29, 0.717) is 11.7 Å². The molecule has 1 aliphatic rings. The predicted octanol–water partition coefficient (Wildman–Crippen LogP) is 2.32. The minimum absolute atomic E-state index is 0.0399. The van der Waals surface area contributed by atoms with Gasteiger partial charge in [0.1, 0.15) is 5.82 Å². The number of morpholine rings is 1. The summed E-state index contributed by atoms with van der Waals surface area (Å²) in [6.45, 7) is 6.41. The highest BCUT2D eigenvalue weighted by Crippen LogP contribution is 2.16. The molecule has 2 aromatic rings. The van der Waals surface area contributed by atoms with Crippen molar-refractivity contribution in [3.63, 3.8) is 0 Å². The van der Waals surface area contributed by atoms with Crippen molar-refractivity contribution >= 4 is 28.3 Å². The lowest BCUT2D eigenvalue weighted by Crippen LogP contribution is -2.42. The topological polar surface area (TPSA) is 74.8 Å². The Bertz CT molecular complexity index is 837. The second kappa shape index (κ2) is 11.1. The molecule has 0 unspecified atom stereocenters. The Morgan fingerprint density at radius 1 is 1.27 bits per heavy atom. The maximum Gasteiger partial charge on any atom is 0.245 e. The number of amides is 2. The van der Waals surface area contributed by atoms with Crippen LogP contribution in [0.4, 0.5) is 9.52 Å². The van der Waals surface area contributed by atoms with Gasteiger partial charge in [-0.2, -0.15) is 0 Å². The molecule has 0 spiro atoms. The number of anilines is 1. The smallest absolute Gasteiger partial charge is 0.245 e. The summed E-state index contributed by atoms with van der Waals surface area (Å²) >= 11 is 1.39. The number of ether oxygens (including phenoxy) is 1. The summed E-state index contributed by atoms with van der Waals surface area (Å²) in [6, 6.07) is 5.86. The summed E-state index contributed by atoms with van der Waals surface area (Å²) in [5.74, 6) is -0.774. The number of nitrogens with zero attached hydrogens (tertiary/aromatic N) is 3. The van der Waals surface area contributed by atoms with Gasteiger partial charge < -0.3 is 15.0 Å². The van der Waals surface area contributed by atoms with Crippen molar-refractivity contribution in [2.75, 3.05) is 51.3 Å². The molecular weight excluding hydrogens is 407 g/mol. The number of benzene rings is 1. The Morgan fingerprint density at radius 3 is 2.67 bits per heavy atom. The van der Waals surface area contributed by atoms with Gasteiger partial charge in [0.25, 0.3) is 0 Å². The van der Waals surface area contributed by atoms with Crippen molar-refractivity contribution < 1.29 is 18.7 Å². The van der Waals surface area contributed by atoms with Gasteiger partial charge in [-0.1, -0.05) is 12.1 Å². The summed E-state index contributed by atoms with van der Waals surface area (Å²) in [5, 5.41) is 3.28. The third kappa shape index (κ3) is 7.16. The van der Waals surface area contributed by atoms with E-state index in [9.17, 15) is 14.0 Å². The molecule has 1 fully saturated rings. The number of hydrogen-bond acceptors (Lipinski definition) is 6. The number of halogens is 1. The van der Waals surface area contributed by atoms with E-state index in [0.717, 1.165) is 49.7 Å². The van der Waals surface area contributed by atoms with Gasteiger partial charge in [0.15, 0.2) is 5.13 Å². The standard InChI is InChI=1S/C21H27FN4O3S/c1-16-14-23-21(30-16)24-19(27)15-26(8-2-7-25-9-11-29-12-10-25)20(28)13-17-3-5-18(22)6-4-17/h3-6,14H,2,7-13,15H2,1H3,(H,23,24,27). The van der Waals surface area contributed by atoms with Crippen LogP contribution in [-0.2, 0) is 20.7 Å². The molecular formula is C21H27FN4O3S. The molecule has 0 aliphatic carbocycles. The first kappa shape index (κ1) is 22.3. The van der Waals surface area contributed by atoms with Gasteiger partial charge in [0, 0.05) is 37.3 Å². The van der Waals surface area contributed by atoms with Gasteiger partial charge in [-0.25, -0.2) is 9.37 Å². The number of carbonyl (C=O) groups excluding carboxylic acids is 2. The Hall–Kier alpha value is -2.36. The van der Waals surface area contributed by atoms with Crippen LogP contribution in [0.3, 0.4) is 0 Å². The van der Waals surface area contributed by atoms with Crippen LogP contribution in [0.5, 0.6) is 0 Å². The van der Waals surface area contributed by atoms with E-state index in [-0.39, 0.29) is 30.6 Å². The SMILES string of the molecule is Cc1cnc(NC(=O)CN(CCCN2CCOCC2)C(=O)Cc2ccc(F)cc2)s1. The van der Waals surface area contributed by atoms with Crippen LogP contribution in [0, 0.1) is 12.7 Å². The fraction of sp³-hybridized carbons (Fsp3) is 0.476. The molecule has 1 saturated heterocycles. The van der Waals surface area contributed by atoms with Crippen LogP contribution >= 0.6 is 11.3 Å². The lowest BCUT2D eigenvalue weighted by Gasteiger charge is -2.28. The first-order valence-corrected chi connectivity index (χ1v) is 10.9. The molecule has 30 heavy (non-hydrogen) atoms. The molecule has 0 saturated carbocycles. The number of rotatable bonds is 9. The monoisotopic (exact) mass is 434 g/mol. The van der Waals surface area contributed by atoms with Crippen LogP contribution in [0.25, 0.3) is 0 Å². The lowest BCUT2D eigenvalue weighted by atomic mass is 10.1. The molecule has 3 rings (SSSR count). The summed E-state index contributed by atoms with van der Waals surface area (Å²) in [6.07, 6.45) is 2.58. The normalized spacial score (nSPS) is 14.5. The summed E-state index contributed by atoms with van der Waals surface area (Å²) in [4.78, 5) is 34.4. The van der Waals surface area contributed by atoms with Gasteiger partial charge in [-0.05, 0) is 31.0 Å². The molecule has 162 valence electrons. The third-order valence-corrected chi connectivity index (χ3v) is 5.66. The summed E-state index contributed by atoms with van der Waals surface area (Å²) in [5.41, 5.74) is 0.718. The summed E-state index contributed by atoms with van der Waals surface area (Å²) in [7, 11) is 0. The van der Waals surface area contributed by atoms with E-state index < -0.39 is 0 Å². The highest BCUT2D eigenvalue weighted by Gasteiger charge is 2.19. The highest BCUT2D eigenvalue weighted by molar-refractivity contribution is 7.15. The van der Waals surface area contributed by atoms with E-state index in [2.05, 4.69) is 15.2 Å². The molecule has 2 amide bonds. The zero-order chi connectivity index (χ0) is 21.3. The van der Waals surface area contributed by atoms with Crippen molar-refractivity contribution in [2.45, 2.75) is 19.8 Å². The number of nitrogens with one attached hydrogen (secondary N) is 1. The molecule has 1 aromatic heterocycles. The predicted molar refractivity (Wildman–Crippen MR) is 114 cm³/mol. The molecule has 0 atom stereocenters. The molecule has 2 heterocycles. The van der Waals surface area contributed by atoms with Crippen molar-refractivity contribution in [1.82, 2.24) is 14.8 Å². The molecule has 1 aromatic carbocycles. The summed E-state index contributed by atoms with van der Waals surface area (Å²) < 4.78 is 18.5. The van der Waals surface area contributed by atoms with Crippen molar-refractivity contribution in [3.8, 4) is 0 Å². The van der Waals surface area contributed by atoms with Crippen LogP contribution in [0.2, 0.25) is 0 Å². The average Bonchev–Trinajstić information content (AvgIpc) is 3.14. The van der Waals surface area contributed by atoms with Crippen molar-refractivity contribution in [3.05, 3.63) is 46.7 Å². The molecule has 1 aliphatic heterocycles. The van der Waals surface area contributed by atoms with E-state index in [1.165, 1.54) is 23.5 Å².